The van der Waals surface area contributed by atoms with E-state index in [0.717, 1.165) is 4.47 Å². The topological polar surface area (TPSA) is 51.2 Å². The summed E-state index contributed by atoms with van der Waals surface area (Å²) in [6.45, 7) is 4.37. The minimum absolute atomic E-state index is 0.330. The van der Waals surface area contributed by atoms with Gasteiger partial charge >= 0.3 is 6.09 Å². The standard InChI is InChI=1S/C10H13BrN2O2/c1-7(2)6-15-10(14)13-9-3-8(11)4-12-5-9/h3-5,7H,6H2,1-2H3,(H,13,14). The van der Waals surface area contributed by atoms with Crippen LogP contribution in [0.2, 0.25) is 0 Å². The lowest BCUT2D eigenvalue weighted by Crippen LogP contribution is -2.16. The summed E-state index contributed by atoms with van der Waals surface area (Å²) in [5, 5.41) is 2.58. The van der Waals surface area contributed by atoms with Crippen LogP contribution in [0.25, 0.3) is 0 Å². The highest BCUT2D eigenvalue weighted by molar-refractivity contribution is 9.10. The predicted molar refractivity (Wildman–Crippen MR) is 61.7 cm³/mol. The van der Waals surface area contributed by atoms with Gasteiger partial charge in [-0.1, -0.05) is 13.8 Å². The number of carbonyl (C=O) groups is 1. The van der Waals surface area contributed by atoms with Crippen molar-refractivity contribution in [2.45, 2.75) is 13.8 Å². The zero-order valence-electron chi connectivity index (χ0n) is 8.66. The van der Waals surface area contributed by atoms with Crippen molar-refractivity contribution in [3.8, 4) is 0 Å². The highest BCUT2D eigenvalue weighted by Gasteiger charge is 2.04. The van der Waals surface area contributed by atoms with Gasteiger partial charge in [-0.2, -0.15) is 0 Å². The van der Waals surface area contributed by atoms with E-state index < -0.39 is 6.09 Å². The van der Waals surface area contributed by atoms with Crippen LogP contribution in [0.3, 0.4) is 0 Å². The first kappa shape index (κ1) is 12.0. The van der Waals surface area contributed by atoms with Gasteiger partial charge in [-0.25, -0.2) is 4.79 Å². The number of hydrogen-bond donors (Lipinski definition) is 1. The second-order valence-electron chi connectivity index (χ2n) is 3.51. The molecule has 1 N–H and O–H groups in total. The van der Waals surface area contributed by atoms with Gasteiger partial charge in [-0.15, -0.1) is 0 Å². The monoisotopic (exact) mass is 272 g/mol. The summed E-state index contributed by atoms with van der Waals surface area (Å²) >= 11 is 3.26. The number of anilines is 1. The quantitative estimate of drug-likeness (QED) is 0.920. The summed E-state index contributed by atoms with van der Waals surface area (Å²) in [4.78, 5) is 15.2. The molecule has 0 spiro atoms. The first-order valence-corrected chi connectivity index (χ1v) is 5.41. The maximum Gasteiger partial charge on any atom is 0.411 e. The molecule has 0 unspecified atom stereocenters. The molecule has 4 nitrogen and oxygen atoms in total. The van der Waals surface area contributed by atoms with E-state index >= 15 is 0 Å². The lowest BCUT2D eigenvalue weighted by molar-refractivity contribution is 0.147. The van der Waals surface area contributed by atoms with Crippen LogP contribution in [0.1, 0.15) is 13.8 Å². The van der Waals surface area contributed by atoms with E-state index in [1.54, 1.807) is 18.5 Å². The molecule has 0 aromatic carbocycles. The van der Waals surface area contributed by atoms with Crippen LogP contribution in [0.5, 0.6) is 0 Å². The lowest BCUT2D eigenvalue weighted by Gasteiger charge is -2.08. The number of carbonyl (C=O) groups excluding carboxylic acids is 1. The fourth-order valence-corrected chi connectivity index (χ4v) is 1.24. The molecule has 1 aromatic heterocycles. The number of pyridine rings is 1. The van der Waals surface area contributed by atoms with Gasteiger partial charge in [0.2, 0.25) is 0 Å². The first-order valence-electron chi connectivity index (χ1n) is 4.62. The molecule has 1 rings (SSSR count). The smallest absolute Gasteiger partial charge is 0.411 e. The zero-order valence-corrected chi connectivity index (χ0v) is 10.2. The third-order valence-electron chi connectivity index (χ3n) is 1.50. The molecule has 1 amide bonds. The van der Waals surface area contributed by atoms with Gasteiger partial charge in [0.05, 0.1) is 18.5 Å². The van der Waals surface area contributed by atoms with Gasteiger partial charge in [0, 0.05) is 10.7 Å². The van der Waals surface area contributed by atoms with Crippen LogP contribution in [0.15, 0.2) is 22.9 Å². The number of hydrogen-bond acceptors (Lipinski definition) is 3. The Morgan fingerprint density at radius 2 is 2.33 bits per heavy atom. The fraction of sp³-hybridized carbons (Fsp3) is 0.400. The van der Waals surface area contributed by atoms with Crippen molar-refractivity contribution in [3.63, 3.8) is 0 Å². The summed E-state index contributed by atoms with van der Waals surface area (Å²) in [5.41, 5.74) is 0.609. The van der Waals surface area contributed by atoms with Crippen LogP contribution in [-0.2, 0) is 4.74 Å². The number of rotatable bonds is 3. The average molecular weight is 273 g/mol. The number of nitrogens with zero attached hydrogens (tertiary/aromatic N) is 1. The van der Waals surface area contributed by atoms with E-state index in [4.69, 9.17) is 4.74 Å². The third kappa shape index (κ3) is 4.78. The summed E-state index contributed by atoms with van der Waals surface area (Å²) in [6, 6.07) is 1.75. The molecule has 82 valence electrons. The van der Waals surface area contributed by atoms with Crippen molar-refractivity contribution in [1.29, 1.82) is 0 Å². The van der Waals surface area contributed by atoms with Gasteiger partial charge in [-0.3, -0.25) is 10.3 Å². The third-order valence-corrected chi connectivity index (χ3v) is 1.93. The van der Waals surface area contributed by atoms with Crippen molar-refractivity contribution in [2.75, 3.05) is 11.9 Å². The Hall–Kier alpha value is -1.10. The Balaban J connectivity index is 2.44. The number of nitrogens with one attached hydrogen (secondary N) is 1. The minimum Gasteiger partial charge on any atom is -0.449 e. The van der Waals surface area contributed by atoms with E-state index in [1.165, 1.54) is 0 Å². The van der Waals surface area contributed by atoms with Crippen molar-refractivity contribution in [2.24, 2.45) is 5.92 Å². The van der Waals surface area contributed by atoms with Gasteiger partial charge in [0.15, 0.2) is 0 Å². The van der Waals surface area contributed by atoms with Crippen LogP contribution >= 0.6 is 15.9 Å². The molecule has 15 heavy (non-hydrogen) atoms. The number of ether oxygens (including phenoxy) is 1. The number of aromatic nitrogens is 1. The van der Waals surface area contributed by atoms with Crippen molar-refractivity contribution in [1.82, 2.24) is 4.98 Å². The van der Waals surface area contributed by atoms with E-state index in [-0.39, 0.29) is 0 Å². The minimum atomic E-state index is -0.455. The van der Waals surface area contributed by atoms with Crippen molar-refractivity contribution < 1.29 is 9.53 Å². The zero-order chi connectivity index (χ0) is 11.3. The fourth-order valence-electron chi connectivity index (χ4n) is 0.877. The summed E-state index contributed by atoms with van der Waals surface area (Å²) in [6.07, 6.45) is 2.75. The van der Waals surface area contributed by atoms with Crippen LogP contribution < -0.4 is 5.32 Å². The molecule has 0 atom stereocenters. The van der Waals surface area contributed by atoms with Crippen LogP contribution in [-0.4, -0.2) is 17.7 Å². The highest BCUT2D eigenvalue weighted by Crippen LogP contribution is 2.13. The van der Waals surface area contributed by atoms with Gasteiger partial charge < -0.3 is 4.74 Å². The number of halogens is 1. The molecule has 0 fully saturated rings. The molecule has 1 aromatic rings. The van der Waals surface area contributed by atoms with Gasteiger partial charge in [-0.05, 0) is 27.9 Å². The Morgan fingerprint density at radius 3 is 2.93 bits per heavy atom. The molecule has 0 saturated carbocycles. The first-order chi connectivity index (χ1) is 7.08. The molecule has 0 radical (unpaired) electrons. The van der Waals surface area contributed by atoms with Crippen LogP contribution in [0, 0.1) is 5.92 Å². The molecular weight excluding hydrogens is 260 g/mol. The Kier molecular flexibility index (Phi) is 4.55. The summed E-state index contributed by atoms with van der Waals surface area (Å²) in [5.74, 6) is 0.330. The average Bonchev–Trinajstić information content (AvgIpc) is 2.15. The lowest BCUT2D eigenvalue weighted by atomic mass is 10.2. The van der Waals surface area contributed by atoms with Crippen LogP contribution in [0.4, 0.5) is 10.5 Å². The van der Waals surface area contributed by atoms with E-state index in [1.807, 2.05) is 13.8 Å². The van der Waals surface area contributed by atoms with Gasteiger partial charge in [0.1, 0.15) is 0 Å². The molecule has 0 aliphatic carbocycles. The summed E-state index contributed by atoms with van der Waals surface area (Å²) < 4.78 is 5.76. The van der Waals surface area contributed by atoms with Crippen molar-refractivity contribution in [3.05, 3.63) is 22.9 Å². The Morgan fingerprint density at radius 1 is 1.60 bits per heavy atom. The Bertz CT molecular complexity index is 342. The normalized spacial score (nSPS) is 10.1. The maximum absolute atomic E-state index is 11.3. The molecule has 1 heterocycles. The van der Waals surface area contributed by atoms with E-state index in [9.17, 15) is 4.79 Å². The highest BCUT2D eigenvalue weighted by atomic mass is 79.9. The second-order valence-corrected chi connectivity index (χ2v) is 4.42. The number of amides is 1. The SMILES string of the molecule is CC(C)COC(=O)Nc1cncc(Br)c1. The molecular formula is C10H13BrN2O2. The molecule has 0 saturated heterocycles. The Labute approximate surface area is 97.2 Å². The second kappa shape index (κ2) is 5.70. The van der Waals surface area contributed by atoms with E-state index in [2.05, 4.69) is 26.2 Å². The van der Waals surface area contributed by atoms with Gasteiger partial charge in [0.25, 0.3) is 0 Å². The van der Waals surface area contributed by atoms with Crippen molar-refractivity contribution >= 4 is 27.7 Å². The van der Waals surface area contributed by atoms with E-state index in [0.29, 0.717) is 18.2 Å². The molecule has 5 heteroatoms. The molecule has 0 bridgehead atoms. The molecule has 0 aliphatic heterocycles. The largest absolute Gasteiger partial charge is 0.449 e. The predicted octanol–water partition coefficient (Wildman–Crippen LogP) is 3.05. The summed E-state index contributed by atoms with van der Waals surface area (Å²) in [7, 11) is 0. The molecule has 0 aliphatic rings. The maximum atomic E-state index is 11.3.